The monoisotopic (exact) mass is 472 g/mol. The Kier molecular flexibility index (Phi) is 7.09. The molecule has 0 bridgehead atoms. The molecule has 4 saturated heterocycles. The summed E-state index contributed by atoms with van der Waals surface area (Å²) in [6.07, 6.45) is 3.50. The van der Waals surface area contributed by atoms with Crippen molar-refractivity contribution < 1.29 is 33.2 Å². The van der Waals surface area contributed by atoms with E-state index in [9.17, 15) is 4.79 Å². The molecule has 0 spiro atoms. The first-order valence-corrected chi connectivity index (χ1v) is 12.6. The van der Waals surface area contributed by atoms with Gasteiger partial charge in [-0.1, -0.05) is 43.3 Å². The SMILES string of the molecule is C=C[C@@H](C)[C@H]1OCCC[C@@H]1O[C@@H]1CC[C@@H]2O[C@@H]3CO[C@@H](c4ccccc4)O[C@H]3C[C@@]2(C)OC1=O. The number of benzene rings is 1. The molecule has 9 atom stereocenters. The van der Waals surface area contributed by atoms with Crippen molar-refractivity contribution in [1.82, 2.24) is 0 Å². The highest BCUT2D eigenvalue weighted by Crippen LogP contribution is 2.43. The molecule has 0 unspecified atom stereocenters. The maximum atomic E-state index is 13.2. The van der Waals surface area contributed by atoms with Crippen molar-refractivity contribution in [3.8, 4) is 0 Å². The number of rotatable bonds is 5. The fourth-order valence-electron chi connectivity index (χ4n) is 5.63. The van der Waals surface area contributed by atoms with Gasteiger partial charge < -0.3 is 28.4 Å². The van der Waals surface area contributed by atoms with Crippen LogP contribution in [-0.2, 0) is 33.2 Å². The van der Waals surface area contributed by atoms with Crippen molar-refractivity contribution in [1.29, 1.82) is 0 Å². The van der Waals surface area contributed by atoms with Gasteiger partial charge in [0.25, 0.3) is 0 Å². The summed E-state index contributed by atoms with van der Waals surface area (Å²) in [6.45, 7) is 9.08. The maximum Gasteiger partial charge on any atom is 0.335 e. The van der Waals surface area contributed by atoms with E-state index in [2.05, 4.69) is 13.5 Å². The van der Waals surface area contributed by atoms with Gasteiger partial charge in [0.15, 0.2) is 12.4 Å². The molecular weight excluding hydrogens is 436 g/mol. The maximum absolute atomic E-state index is 13.2. The molecule has 4 aliphatic heterocycles. The summed E-state index contributed by atoms with van der Waals surface area (Å²) in [6, 6.07) is 9.87. The first-order chi connectivity index (χ1) is 16.5. The minimum atomic E-state index is -0.772. The Morgan fingerprint density at radius 2 is 1.94 bits per heavy atom. The van der Waals surface area contributed by atoms with Crippen LogP contribution < -0.4 is 0 Å². The molecule has 0 aliphatic carbocycles. The van der Waals surface area contributed by atoms with Gasteiger partial charge in [-0.05, 0) is 32.6 Å². The van der Waals surface area contributed by atoms with Crippen LogP contribution in [0.25, 0.3) is 0 Å². The van der Waals surface area contributed by atoms with Crippen LogP contribution in [-0.4, -0.2) is 61.4 Å². The summed E-state index contributed by atoms with van der Waals surface area (Å²) in [5, 5.41) is 0. The Morgan fingerprint density at radius 1 is 1.12 bits per heavy atom. The van der Waals surface area contributed by atoms with Crippen LogP contribution in [0.15, 0.2) is 43.0 Å². The number of esters is 1. The first-order valence-electron chi connectivity index (χ1n) is 12.6. The molecule has 1 aromatic carbocycles. The van der Waals surface area contributed by atoms with E-state index in [0.29, 0.717) is 32.5 Å². The van der Waals surface area contributed by atoms with Crippen molar-refractivity contribution >= 4 is 5.97 Å². The fraction of sp³-hybridized carbons (Fsp3) is 0.667. The molecule has 7 heteroatoms. The predicted molar refractivity (Wildman–Crippen MR) is 124 cm³/mol. The van der Waals surface area contributed by atoms with Gasteiger partial charge in [0.05, 0.1) is 31.0 Å². The molecule has 186 valence electrons. The average Bonchev–Trinajstić information content (AvgIpc) is 2.97. The van der Waals surface area contributed by atoms with E-state index in [1.165, 1.54) is 0 Å². The van der Waals surface area contributed by atoms with Gasteiger partial charge in [0.2, 0.25) is 0 Å². The van der Waals surface area contributed by atoms with E-state index in [1.54, 1.807) is 0 Å². The standard InChI is InChI=1S/C27H36O7/c1-4-17(2)24-19(11-8-14-29-24)31-20-12-13-23-27(3,34-25(20)28)15-21-22(32-23)16-30-26(33-21)18-9-6-5-7-10-18/h4-7,9-10,17,19-24,26H,1,8,11-16H2,2-3H3/t17-,19+,20-,21+,22-,23+,24-,26-,27-/m1/s1. The van der Waals surface area contributed by atoms with Crippen molar-refractivity contribution in [2.24, 2.45) is 5.92 Å². The van der Waals surface area contributed by atoms with E-state index >= 15 is 0 Å². The lowest BCUT2D eigenvalue weighted by Crippen LogP contribution is -2.59. The first kappa shape index (κ1) is 23.9. The Bertz CT molecular complexity index is 860. The van der Waals surface area contributed by atoms with Crippen molar-refractivity contribution in [3.63, 3.8) is 0 Å². The summed E-state index contributed by atoms with van der Waals surface area (Å²) in [5.41, 5.74) is 0.198. The highest BCUT2D eigenvalue weighted by atomic mass is 16.7. The Labute approximate surface area is 201 Å². The van der Waals surface area contributed by atoms with Crippen LogP contribution in [0.2, 0.25) is 0 Å². The molecule has 34 heavy (non-hydrogen) atoms. The molecule has 0 amide bonds. The number of hydrogen-bond acceptors (Lipinski definition) is 7. The van der Waals surface area contributed by atoms with Crippen LogP contribution in [0.1, 0.15) is 57.8 Å². The Morgan fingerprint density at radius 3 is 2.74 bits per heavy atom. The highest BCUT2D eigenvalue weighted by molar-refractivity contribution is 5.75. The van der Waals surface area contributed by atoms with Crippen LogP contribution in [0.5, 0.6) is 0 Å². The molecule has 7 nitrogen and oxygen atoms in total. The molecular formula is C27H36O7. The second-order valence-corrected chi connectivity index (χ2v) is 10.2. The van der Waals surface area contributed by atoms with Crippen molar-refractivity contribution in [2.45, 2.75) is 94.5 Å². The van der Waals surface area contributed by atoms with Gasteiger partial charge in [-0.2, -0.15) is 0 Å². The summed E-state index contributed by atoms with van der Waals surface area (Å²) < 4.78 is 37.1. The van der Waals surface area contributed by atoms with Gasteiger partial charge in [-0.25, -0.2) is 4.79 Å². The molecule has 0 aromatic heterocycles. The lowest BCUT2D eigenvalue weighted by molar-refractivity contribution is -0.316. The summed E-state index contributed by atoms with van der Waals surface area (Å²) in [4.78, 5) is 13.2. The molecule has 1 aromatic rings. The van der Waals surface area contributed by atoms with E-state index < -0.39 is 18.0 Å². The lowest BCUT2D eigenvalue weighted by Gasteiger charge is -2.49. The number of carbonyl (C=O) groups is 1. The number of carbonyl (C=O) groups excluding carboxylic acids is 1. The summed E-state index contributed by atoms with van der Waals surface area (Å²) in [5.74, 6) is -0.178. The minimum Gasteiger partial charge on any atom is -0.455 e. The van der Waals surface area contributed by atoms with E-state index in [0.717, 1.165) is 18.4 Å². The van der Waals surface area contributed by atoms with Crippen LogP contribution in [0, 0.1) is 5.92 Å². The smallest absolute Gasteiger partial charge is 0.335 e. The van der Waals surface area contributed by atoms with Crippen molar-refractivity contribution in [2.75, 3.05) is 13.2 Å². The van der Waals surface area contributed by atoms with Gasteiger partial charge >= 0.3 is 5.97 Å². The topological polar surface area (TPSA) is 72.5 Å². The van der Waals surface area contributed by atoms with Crippen LogP contribution >= 0.6 is 0 Å². The zero-order valence-corrected chi connectivity index (χ0v) is 20.1. The molecule has 5 rings (SSSR count). The second-order valence-electron chi connectivity index (χ2n) is 10.2. The molecule has 0 N–H and O–H groups in total. The van der Waals surface area contributed by atoms with Gasteiger partial charge in [-0.3, -0.25) is 0 Å². The molecule has 0 saturated carbocycles. The normalized spacial score (nSPS) is 41.4. The van der Waals surface area contributed by atoms with E-state index in [-0.39, 0.29) is 42.4 Å². The number of hydrogen-bond donors (Lipinski definition) is 0. The molecule has 4 aliphatic rings. The second kappa shape index (κ2) is 10.1. The third-order valence-corrected chi connectivity index (χ3v) is 7.65. The molecule has 4 heterocycles. The number of fused-ring (bicyclic) bond motifs is 2. The van der Waals surface area contributed by atoms with E-state index in [4.69, 9.17) is 28.4 Å². The Balaban J connectivity index is 1.26. The molecule has 0 radical (unpaired) electrons. The summed E-state index contributed by atoms with van der Waals surface area (Å²) in [7, 11) is 0. The van der Waals surface area contributed by atoms with E-state index in [1.807, 2.05) is 43.3 Å². The predicted octanol–water partition coefficient (Wildman–Crippen LogP) is 4.11. The van der Waals surface area contributed by atoms with Crippen molar-refractivity contribution in [3.05, 3.63) is 48.6 Å². The highest BCUT2D eigenvalue weighted by Gasteiger charge is 2.53. The third-order valence-electron chi connectivity index (χ3n) is 7.65. The third kappa shape index (κ3) is 4.82. The number of ether oxygens (including phenoxy) is 6. The fourth-order valence-corrected chi connectivity index (χ4v) is 5.63. The lowest BCUT2D eigenvalue weighted by atomic mass is 9.84. The van der Waals surface area contributed by atoms with Gasteiger partial charge in [-0.15, -0.1) is 6.58 Å². The average molecular weight is 473 g/mol. The quantitative estimate of drug-likeness (QED) is 0.472. The largest absolute Gasteiger partial charge is 0.455 e. The van der Waals surface area contributed by atoms with Crippen LogP contribution in [0.3, 0.4) is 0 Å². The zero-order valence-electron chi connectivity index (χ0n) is 20.1. The van der Waals surface area contributed by atoms with Crippen LogP contribution in [0.4, 0.5) is 0 Å². The zero-order chi connectivity index (χ0) is 23.7. The summed E-state index contributed by atoms with van der Waals surface area (Å²) >= 11 is 0. The minimum absolute atomic E-state index is 0.0974. The van der Waals surface area contributed by atoms with Gasteiger partial charge in [0, 0.05) is 24.5 Å². The van der Waals surface area contributed by atoms with Gasteiger partial charge in [0.1, 0.15) is 11.7 Å². The Hall–Kier alpha value is -1.77. The molecule has 4 fully saturated rings.